The number of Topliss-reactive ketones (excluding diaryl/α,β-unsaturated/α-hetero) is 1. The van der Waals surface area contributed by atoms with Gasteiger partial charge in [0.25, 0.3) is 0 Å². The van der Waals surface area contributed by atoms with Crippen LogP contribution in [0.25, 0.3) is 0 Å². The molecule has 0 aliphatic heterocycles. The van der Waals surface area contributed by atoms with Gasteiger partial charge in [0.2, 0.25) is 0 Å². The van der Waals surface area contributed by atoms with Crippen molar-refractivity contribution in [3.05, 3.63) is 82.3 Å². The molecule has 0 amide bonds. The van der Waals surface area contributed by atoms with Crippen LogP contribution in [0.15, 0.2) is 60.1 Å². The average Bonchev–Trinajstić information content (AvgIpc) is 2.92. The summed E-state index contributed by atoms with van der Waals surface area (Å²) in [5, 5.41) is 0. The minimum Gasteiger partial charge on any atom is -0.500 e. The Labute approximate surface area is 199 Å². The monoisotopic (exact) mass is 464 g/mol. The largest absolute Gasteiger partial charge is 0.500 e. The van der Waals surface area contributed by atoms with Crippen molar-refractivity contribution in [2.45, 2.75) is 11.8 Å². The summed E-state index contributed by atoms with van der Waals surface area (Å²) in [6.07, 6.45) is 3.56. The van der Waals surface area contributed by atoms with E-state index in [0.717, 1.165) is 11.1 Å². The van der Waals surface area contributed by atoms with Gasteiger partial charge in [-0.3, -0.25) is 4.79 Å². The maximum Gasteiger partial charge on any atom is 0.178 e. The Bertz CT molecular complexity index is 1220. The summed E-state index contributed by atoms with van der Waals surface area (Å²) in [6, 6.07) is 7.21. The Morgan fingerprint density at radius 1 is 0.676 bits per heavy atom. The summed E-state index contributed by atoms with van der Waals surface area (Å²) < 4.78 is 33.8. The molecule has 2 aliphatic carbocycles. The third-order valence-corrected chi connectivity index (χ3v) is 6.34. The molecule has 2 unspecified atom stereocenters. The number of ether oxygens (including phenoxy) is 6. The standard InChI is InChI=1S/C27H28O7/c1-14-8-15(29-2)10-23(34-7)26-19-9-16(30-3)11-22(33-6)25(19)24(14)17-12-20(31-4)21(32-5)13-18(17)27(26)28/h8-13,24,26H,1H2,2-7H3/b15-8+,23-10+. The van der Waals surface area contributed by atoms with Gasteiger partial charge in [-0.05, 0) is 41.0 Å². The summed E-state index contributed by atoms with van der Waals surface area (Å²) >= 11 is 0. The van der Waals surface area contributed by atoms with Crippen LogP contribution in [0.1, 0.15) is 38.9 Å². The Kier molecular flexibility index (Phi) is 6.28. The lowest BCUT2D eigenvalue weighted by Crippen LogP contribution is -2.18. The SMILES string of the molecule is C=C1/C=C(OC)\C=C(\OC)C2C(=O)c3cc(OC)c(OC)cc3C1c1c(OC)cc(OC)cc12. The van der Waals surface area contributed by atoms with Crippen LogP contribution >= 0.6 is 0 Å². The lowest BCUT2D eigenvalue weighted by atomic mass is 9.81. The first-order valence-corrected chi connectivity index (χ1v) is 10.7. The smallest absolute Gasteiger partial charge is 0.178 e. The molecule has 7 heteroatoms. The minimum absolute atomic E-state index is 0.159. The molecular formula is C27H28O7. The van der Waals surface area contributed by atoms with Crippen molar-refractivity contribution < 1.29 is 33.2 Å². The molecule has 2 aromatic carbocycles. The number of carbonyl (C=O) groups is 1. The van der Waals surface area contributed by atoms with Gasteiger partial charge in [0.15, 0.2) is 17.3 Å². The predicted octanol–water partition coefficient (Wildman–Crippen LogP) is 4.76. The number of fused-ring (bicyclic) bond motifs is 2. The molecule has 34 heavy (non-hydrogen) atoms. The van der Waals surface area contributed by atoms with E-state index < -0.39 is 11.8 Å². The van der Waals surface area contributed by atoms with Gasteiger partial charge < -0.3 is 28.4 Å². The van der Waals surface area contributed by atoms with Gasteiger partial charge in [0.05, 0.1) is 42.7 Å². The molecule has 0 saturated carbocycles. The molecule has 0 fully saturated rings. The first-order chi connectivity index (χ1) is 16.4. The van der Waals surface area contributed by atoms with Crippen molar-refractivity contribution in [3.8, 4) is 23.0 Å². The quantitative estimate of drug-likeness (QED) is 0.610. The Balaban J connectivity index is 2.21. The van der Waals surface area contributed by atoms with Crippen molar-refractivity contribution in [2.24, 2.45) is 0 Å². The molecule has 178 valence electrons. The van der Waals surface area contributed by atoms with Gasteiger partial charge in [0.1, 0.15) is 28.9 Å². The van der Waals surface area contributed by atoms with Gasteiger partial charge in [-0.25, -0.2) is 0 Å². The molecule has 2 aromatic rings. The van der Waals surface area contributed by atoms with Gasteiger partial charge >= 0.3 is 0 Å². The van der Waals surface area contributed by atoms with Crippen LogP contribution < -0.4 is 18.9 Å². The molecule has 0 N–H and O–H groups in total. The molecule has 2 bridgehead atoms. The van der Waals surface area contributed by atoms with Crippen LogP contribution in [-0.4, -0.2) is 48.4 Å². The fourth-order valence-corrected chi connectivity index (χ4v) is 4.75. The second-order valence-electron chi connectivity index (χ2n) is 7.93. The van der Waals surface area contributed by atoms with Crippen LogP contribution in [0, 0.1) is 0 Å². The molecule has 0 aromatic heterocycles. The topological polar surface area (TPSA) is 72.5 Å². The molecule has 0 heterocycles. The second kappa shape index (κ2) is 9.17. The molecular weight excluding hydrogens is 436 g/mol. The molecule has 4 rings (SSSR count). The average molecular weight is 465 g/mol. The van der Waals surface area contributed by atoms with Crippen molar-refractivity contribution in [1.29, 1.82) is 0 Å². The van der Waals surface area contributed by atoms with E-state index >= 15 is 0 Å². The fraction of sp³-hybridized carbons (Fsp3) is 0.296. The van der Waals surface area contributed by atoms with E-state index in [1.54, 1.807) is 53.8 Å². The summed E-state index contributed by atoms with van der Waals surface area (Å²) in [5.74, 6) is 1.67. The number of methoxy groups -OCH3 is 6. The minimum atomic E-state index is -0.782. The molecule has 0 radical (unpaired) electrons. The van der Waals surface area contributed by atoms with Gasteiger partial charge in [-0.15, -0.1) is 0 Å². The number of ketones is 1. The van der Waals surface area contributed by atoms with Crippen LogP contribution in [0.3, 0.4) is 0 Å². The summed E-state index contributed by atoms with van der Waals surface area (Å²) in [6.45, 7) is 4.37. The van der Waals surface area contributed by atoms with Gasteiger partial charge in [-0.1, -0.05) is 6.58 Å². The van der Waals surface area contributed by atoms with E-state index in [4.69, 9.17) is 28.4 Å². The first kappa shape index (κ1) is 23.3. The summed E-state index contributed by atoms with van der Waals surface area (Å²) in [4.78, 5) is 14.2. The highest BCUT2D eigenvalue weighted by Gasteiger charge is 2.41. The number of allylic oxidation sites excluding steroid dienone is 4. The highest BCUT2D eigenvalue weighted by molar-refractivity contribution is 6.06. The Hall–Kier alpha value is -3.87. The fourth-order valence-electron chi connectivity index (χ4n) is 4.75. The number of hydrogen-bond acceptors (Lipinski definition) is 7. The van der Waals surface area contributed by atoms with E-state index in [9.17, 15) is 4.79 Å². The van der Waals surface area contributed by atoms with Crippen molar-refractivity contribution in [3.63, 3.8) is 0 Å². The number of hydrogen-bond donors (Lipinski definition) is 0. The van der Waals surface area contributed by atoms with Crippen molar-refractivity contribution in [2.75, 3.05) is 42.7 Å². The number of rotatable bonds is 6. The zero-order valence-electron chi connectivity index (χ0n) is 20.2. The molecule has 2 aliphatic rings. The zero-order chi connectivity index (χ0) is 24.6. The van der Waals surface area contributed by atoms with E-state index in [2.05, 4.69) is 6.58 Å². The van der Waals surface area contributed by atoms with Crippen LogP contribution in [0.2, 0.25) is 0 Å². The van der Waals surface area contributed by atoms with Gasteiger partial charge in [0, 0.05) is 29.2 Å². The lowest BCUT2D eigenvalue weighted by molar-refractivity contribution is 0.0944. The van der Waals surface area contributed by atoms with Crippen LogP contribution in [-0.2, 0) is 9.47 Å². The highest BCUT2D eigenvalue weighted by atomic mass is 16.5. The molecule has 2 atom stereocenters. The van der Waals surface area contributed by atoms with Crippen LogP contribution in [0.5, 0.6) is 23.0 Å². The summed E-state index contributed by atoms with van der Waals surface area (Å²) in [5.41, 5.74) is 3.43. The highest BCUT2D eigenvalue weighted by Crippen LogP contribution is 2.52. The lowest BCUT2D eigenvalue weighted by Gasteiger charge is -2.25. The number of benzene rings is 2. The summed E-state index contributed by atoms with van der Waals surface area (Å²) in [7, 11) is 9.37. The van der Waals surface area contributed by atoms with Crippen LogP contribution in [0.4, 0.5) is 0 Å². The molecule has 0 saturated heterocycles. The third-order valence-electron chi connectivity index (χ3n) is 6.34. The molecule has 0 spiro atoms. The maximum atomic E-state index is 14.2. The van der Waals surface area contributed by atoms with Gasteiger partial charge in [-0.2, -0.15) is 0 Å². The van der Waals surface area contributed by atoms with E-state index in [-0.39, 0.29) is 5.78 Å². The zero-order valence-corrected chi connectivity index (χ0v) is 20.2. The Morgan fingerprint density at radius 2 is 1.35 bits per heavy atom. The predicted molar refractivity (Wildman–Crippen MR) is 127 cm³/mol. The normalized spacial score (nSPS) is 21.8. The van der Waals surface area contributed by atoms with E-state index in [1.165, 1.54) is 7.11 Å². The number of carbonyl (C=O) groups excluding carboxylic acids is 1. The van der Waals surface area contributed by atoms with E-state index in [0.29, 0.717) is 51.2 Å². The Morgan fingerprint density at radius 3 is 1.94 bits per heavy atom. The van der Waals surface area contributed by atoms with Crippen molar-refractivity contribution >= 4 is 5.78 Å². The van der Waals surface area contributed by atoms with Crippen molar-refractivity contribution in [1.82, 2.24) is 0 Å². The maximum absolute atomic E-state index is 14.2. The van der Waals surface area contributed by atoms with E-state index in [1.807, 2.05) is 18.2 Å². The first-order valence-electron chi connectivity index (χ1n) is 10.7. The second-order valence-corrected chi connectivity index (χ2v) is 7.93. The molecule has 7 nitrogen and oxygen atoms in total. The third kappa shape index (κ3) is 3.57.